The molecule has 1 aliphatic rings. The Morgan fingerprint density at radius 3 is 2.62 bits per heavy atom. The molecule has 88 valence electrons. The summed E-state index contributed by atoms with van der Waals surface area (Å²) in [5.74, 6) is -3.38. The summed E-state index contributed by atoms with van der Waals surface area (Å²) in [4.78, 5) is 0. The Labute approximate surface area is 96.6 Å². The highest BCUT2D eigenvalue weighted by molar-refractivity contribution is 6.31. The summed E-state index contributed by atoms with van der Waals surface area (Å²) in [5, 5.41) is 2.34. The molecule has 0 amide bonds. The lowest BCUT2D eigenvalue weighted by atomic mass is 9.91. The first-order chi connectivity index (χ1) is 7.61. The van der Waals surface area contributed by atoms with Crippen molar-refractivity contribution in [2.45, 2.75) is 18.8 Å². The lowest BCUT2D eigenvalue weighted by Gasteiger charge is -2.23. The van der Waals surface area contributed by atoms with Gasteiger partial charge in [0.15, 0.2) is 11.6 Å². The largest absolute Gasteiger partial charge is 0.316 e. The lowest BCUT2D eigenvalue weighted by Crippen LogP contribution is -2.29. The van der Waals surface area contributed by atoms with Gasteiger partial charge in [0.2, 0.25) is 0 Å². The smallest absolute Gasteiger partial charge is 0.180 e. The van der Waals surface area contributed by atoms with Gasteiger partial charge in [-0.1, -0.05) is 11.6 Å². The summed E-state index contributed by atoms with van der Waals surface area (Å²) in [7, 11) is 0. The van der Waals surface area contributed by atoms with E-state index in [1.807, 2.05) is 0 Å². The molecule has 1 unspecified atom stereocenters. The SMILES string of the molecule is Fc1cc(C2CCCNC2)c(F)c(Cl)c1F. The summed E-state index contributed by atoms with van der Waals surface area (Å²) in [6.45, 7) is 1.44. The Kier molecular flexibility index (Phi) is 3.40. The van der Waals surface area contributed by atoms with Gasteiger partial charge in [0, 0.05) is 6.54 Å². The number of hydrogen-bond donors (Lipinski definition) is 1. The van der Waals surface area contributed by atoms with Crippen molar-refractivity contribution in [1.29, 1.82) is 0 Å². The highest BCUT2D eigenvalue weighted by Crippen LogP contribution is 2.32. The van der Waals surface area contributed by atoms with E-state index in [0.717, 1.165) is 25.5 Å². The predicted molar refractivity (Wildman–Crippen MR) is 56.2 cm³/mol. The van der Waals surface area contributed by atoms with Gasteiger partial charge in [0.25, 0.3) is 0 Å². The molecule has 1 aliphatic heterocycles. The molecule has 0 saturated carbocycles. The van der Waals surface area contributed by atoms with E-state index in [9.17, 15) is 13.2 Å². The van der Waals surface area contributed by atoms with E-state index in [-0.39, 0.29) is 11.5 Å². The molecule has 2 rings (SSSR count). The molecule has 16 heavy (non-hydrogen) atoms. The van der Waals surface area contributed by atoms with Crippen molar-refractivity contribution in [2.75, 3.05) is 13.1 Å². The third kappa shape index (κ3) is 2.04. The topological polar surface area (TPSA) is 12.0 Å². The minimum absolute atomic E-state index is 0.138. The zero-order valence-electron chi connectivity index (χ0n) is 8.49. The van der Waals surface area contributed by atoms with E-state index < -0.39 is 22.5 Å². The van der Waals surface area contributed by atoms with Crippen LogP contribution in [-0.2, 0) is 0 Å². The number of hydrogen-bond acceptors (Lipinski definition) is 1. The average Bonchev–Trinajstić information content (AvgIpc) is 2.32. The highest BCUT2D eigenvalue weighted by atomic mass is 35.5. The van der Waals surface area contributed by atoms with Crippen LogP contribution in [0.1, 0.15) is 24.3 Å². The summed E-state index contributed by atoms with van der Waals surface area (Å²) in [6.07, 6.45) is 1.64. The van der Waals surface area contributed by atoms with E-state index in [1.165, 1.54) is 0 Å². The molecule has 1 aromatic rings. The molecule has 5 heteroatoms. The molecule has 1 aromatic carbocycles. The van der Waals surface area contributed by atoms with E-state index in [2.05, 4.69) is 5.32 Å². The van der Waals surface area contributed by atoms with Gasteiger partial charge >= 0.3 is 0 Å². The van der Waals surface area contributed by atoms with Gasteiger partial charge in [0.05, 0.1) is 0 Å². The Morgan fingerprint density at radius 2 is 2.00 bits per heavy atom. The van der Waals surface area contributed by atoms with Crippen LogP contribution in [0, 0.1) is 17.5 Å². The fourth-order valence-electron chi connectivity index (χ4n) is 2.01. The number of rotatable bonds is 1. The quantitative estimate of drug-likeness (QED) is 0.595. The maximum absolute atomic E-state index is 13.7. The molecule has 1 saturated heterocycles. The van der Waals surface area contributed by atoms with Gasteiger partial charge in [-0.2, -0.15) is 0 Å². The number of halogens is 4. The molecule has 0 aliphatic carbocycles. The Bertz CT molecular complexity index is 403. The van der Waals surface area contributed by atoms with Crippen molar-refractivity contribution in [3.8, 4) is 0 Å². The van der Waals surface area contributed by atoms with E-state index >= 15 is 0 Å². The molecular formula is C11H11ClF3N. The Hall–Kier alpha value is -0.740. The summed E-state index contributed by atoms with van der Waals surface area (Å²) >= 11 is 5.40. The number of piperidine rings is 1. The molecule has 0 spiro atoms. The van der Waals surface area contributed by atoms with Gasteiger partial charge in [-0.05, 0) is 36.9 Å². The van der Waals surface area contributed by atoms with Crippen LogP contribution >= 0.6 is 11.6 Å². The first-order valence-electron chi connectivity index (χ1n) is 5.15. The van der Waals surface area contributed by atoms with Crippen LogP contribution < -0.4 is 5.32 Å². The van der Waals surface area contributed by atoms with Crippen LogP contribution in [0.3, 0.4) is 0 Å². The summed E-state index contributed by atoms with van der Waals surface area (Å²) in [5.41, 5.74) is 0.163. The monoisotopic (exact) mass is 249 g/mol. The molecule has 1 N–H and O–H groups in total. The second-order valence-electron chi connectivity index (χ2n) is 3.93. The molecule has 1 heterocycles. The van der Waals surface area contributed by atoms with E-state index in [0.29, 0.717) is 6.54 Å². The molecule has 0 aromatic heterocycles. The maximum atomic E-state index is 13.7. The first kappa shape index (κ1) is 11.7. The summed E-state index contributed by atoms with van der Waals surface area (Å²) in [6, 6.07) is 0.911. The summed E-state index contributed by atoms with van der Waals surface area (Å²) < 4.78 is 39.8. The standard InChI is InChI=1S/C11H11ClF3N/c12-9-10(14)7(4-8(13)11(9)15)6-2-1-3-16-5-6/h4,6,16H,1-3,5H2. The van der Waals surface area contributed by atoms with Crippen LogP contribution in [-0.4, -0.2) is 13.1 Å². The maximum Gasteiger partial charge on any atom is 0.180 e. The van der Waals surface area contributed by atoms with Gasteiger partial charge in [-0.15, -0.1) is 0 Å². The minimum Gasteiger partial charge on any atom is -0.316 e. The number of benzene rings is 1. The van der Waals surface area contributed by atoms with Crippen LogP contribution in [0.15, 0.2) is 6.07 Å². The van der Waals surface area contributed by atoms with Gasteiger partial charge < -0.3 is 5.32 Å². The fourth-order valence-corrected chi connectivity index (χ4v) is 2.20. The van der Waals surface area contributed by atoms with Gasteiger partial charge in [0.1, 0.15) is 10.8 Å². The fraction of sp³-hybridized carbons (Fsp3) is 0.455. The normalized spacial score (nSPS) is 21.1. The highest BCUT2D eigenvalue weighted by Gasteiger charge is 2.24. The molecule has 1 atom stereocenters. The van der Waals surface area contributed by atoms with Gasteiger partial charge in [-0.25, -0.2) is 13.2 Å². The average molecular weight is 250 g/mol. The Morgan fingerprint density at radius 1 is 1.25 bits per heavy atom. The van der Waals surface area contributed by atoms with Crippen molar-refractivity contribution in [3.05, 3.63) is 34.1 Å². The van der Waals surface area contributed by atoms with Crippen molar-refractivity contribution >= 4 is 11.6 Å². The third-order valence-electron chi connectivity index (χ3n) is 2.87. The first-order valence-corrected chi connectivity index (χ1v) is 5.52. The zero-order chi connectivity index (χ0) is 11.7. The predicted octanol–water partition coefficient (Wildman–Crippen LogP) is 3.22. The van der Waals surface area contributed by atoms with Crippen molar-refractivity contribution < 1.29 is 13.2 Å². The Balaban J connectivity index is 2.40. The number of nitrogens with one attached hydrogen (secondary N) is 1. The van der Waals surface area contributed by atoms with Crippen molar-refractivity contribution in [1.82, 2.24) is 5.32 Å². The van der Waals surface area contributed by atoms with E-state index in [4.69, 9.17) is 11.6 Å². The van der Waals surface area contributed by atoms with Crippen LogP contribution in [0.2, 0.25) is 5.02 Å². The molecular weight excluding hydrogens is 239 g/mol. The lowest BCUT2D eigenvalue weighted by molar-refractivity contribution is 0.435. The zero-order valence-corrected chi connectivity index (χ0v) is 9.25. The molecule has 1 nitrogen and oxygen atoms in total. The van der Waals surface area contributed by atoms with Crippen molar-refractivity contribution in [3.63, 3.8) is 0 Å². The van der Waals surface area contributed by atoms with Crippen LogP contribution in [0.5, 0.6) is 0 Å². The van der Waals surface area contributed by atoms with Crippen LogP contribution in [0.4, 0.5) is 13.2 Å². The third-order valence-corrected chi connectivity index (χ3v) is 3.20. The minimum atomic E-state index is -1.31. The van der Waals surface area contributed by atoms with Crippen molar-refractivity contribution in [2.24, 2.45) is 0 Å². The van der Waals surface area contributed by atoms with Crippen LogP contribution in [0.25, 0.3) is 0 Å². The van der Waals surface area contributed by atoms with E-state index in [1.54, 1.807) is 0 Å². The molecule has 0 bridgehead atoms. The molecule has 1 fully saturated rings. The van der Waals surface area contributed by atoms with Gasteiger partial charge in [-0.3, -0.25) is 0 Å². The second kappa shape index (κ2) is 4.63. The molecule has 0 radical (unpaired) electrons. The second-order valence-corrected chi connectivity index (χ2v) is 4.31.